The molecule has 0 radical (unpaired) electrons. The number of fused-ring (bicyclic) bond motifs is 1. The van der Waals surface area contributed by atoms with Gasteiger partial charge in [-0.15, -0.1) is 0 Å². The van der Waals surface area contributed by atoms with Crippen molar-refractivity contribution in [2.45, 2.75) is 65.5 Å². The van der Waals surface area contributed by atoms with Crippen LogP contribution < -0.4 is 16.0 Å². The van der Waals surface area contributed by atoms with Crippen molar-refractivity contribution in [3.05, 3.63) is 22.9 Å². The number of anilines is 1. The molecule has 3 N–H and O–H groups in total. The van der Waals surface area contributed by atoms with Crippen LogP contribution >= 0.6 is 0 Å². The highest BCUT2D eigenvalue weighted by molar-refractivity contribution is 5.99. The largest absolute Gasteiger partial charge is 0.369 e. The van der Waals surface area contributed by atoms with E-state index in [0.29, 0.717) is 43.2 Å². The lowest BCUT2D eigenvalue weighted by Gasteiger charge is -2.22. The summed E-state index contributed by atoms with van der Waals surface area (Å²) in [6.07, 6.45) is 3.89. The maximum Gasteiger partial charge on any atom is 0.317 e. The average molecular weight is 388 g/mol. The Morgan fingerprint density at radius 2 is 1.79 bits per heavy atom. The molecule has 2 heterocycles. The smallest absolute Gasteiger partial charge is 0.317 e. The van der Waals surface area contributed by atoms with Crippen LogP contribution in [0.5, 0.6) is 0 Å². The molecular weight excluding hydrogens is 354 g/mol. The van der Waals surface area contributed by atoms with E-state index in [0.717, 1.165) is 17.8 Å². The zero-order valence-corrected chi connectivity index (χ0v) is 17.5. The van der Waals surface area contributed by atoms with E-state index in [1.54, 1.807) is 0 Å². The normalized spacial score (nSPS) is 16.6. The summed E-state index contributed by atoms with van der Waals surface area (Å²) < 4.78 is 0. The maximum absolute atomic E-state index is 12.7. The molecule has 3 amide bonds. The third kappa shape index (κ3) is 5.36. The van der Waals surface area contributed by atoms with Crippen LogP contribution in [0.3, 0.4) is 0 Å². The predicted molar refractivity (Wildman–Crippen MR) is 111 cm³/mol. The summed E-state index contributed by atoms with van der Waals surface area (Å²) in [7, 11) is 0. The Labute approximate surface area is 167 Å². The molecule has 0 aromatic carbocycles. The molecule has 154 valence electrons. The van der Waals surface area contributed by atoms with Gasteiger partial charge in [0.15, 0.2) is 0 Å². The van der Waals surface area contributed by atoms with Crippen molar-refractivity contribution < 1.29 is 9.59 Å². The number of hydrogen-bond acceptors (Lipinski definition) is 4. The van der Waals surface area contributed by atoms with Crippen LogP contribution in [0, 0.1) is 5.92 Å². The van der Waals surface area contributed by atoms with E-state index in [9.17, 15) is 9.59 Å². The first-order valence-corrected chi connectivity index (χ1v) is 10.5. The molecule has 7 heteroatoms. The second-order valence-electron chi connectivity index (χ2n) is 8.53. The molecule has 0 bridgehead atoms. The zero-order chi connectivity index (χ0) is 20.3. The number of urea groups is 1. The van der Waals surface area contributed by atoms with Crippen molar-refractivity contribution in [3.63, 3.8) is 0 Å². The fourth-order valence-electron chi connectivity index (χ4n) is 3.39. The molecule has 1 aromatic rings. The monoisotopic (exact) mass is 387 g/mol. The highest BCUT2D eigenvalue weighted by Gasteiger charge is 2.25. The summed E-state index contributed by atoms with van der Waals surface area (Å²) in [5.41, 5.74) is 2.65. The Morgan fingerprint density at radius 3 is 2.43 bits per heavy atom. The van der Waals surface area contributed by atoms with Crippen molar-refractivity contribution in [2.24, 2.45) is 5.92 Å². The van der Waals surface area contributed by atoms with Crippen LogP contribution in [0.1, 0.15) is 62.2 Å². The van der Waals surface area contributed by atoms with Gasteiger partial charge < -0.3 is 20.9 Å². The second kappa shape index (κ2) is 8.80. The van der Waals surface area contributed by atoms with Gasteiger partial charge >= 0.3 is 6.03 Å². The number of amides is 3. The number of nitrogens with one attached hydrogen (secondary N) is 3. The molecule has 3 rings (SSSR count). The molecule has 1 fully saturated rings. The van der Waals surface area contributed by atoms with Crippen LogP contribution in [-0.2, 0) is 12.8 Å². The van der Waals surface area contributed by atoms with Crippen LogP contribution in [0.4, 0.5) is 10.6 Å². The number of nitrogens with zero attached hydrogens (tertiary/aromatic N) is 2. The minimum absolute atomic E-state index is 0.0346. The van der Waals surface area contributed by atoms with Crippen molar-refractivity contribution >= 4 is 17.8 Å². The SMILES string of the molecule is CC(C)NC(=O)c1cc2c(nc1NCC1CC1)CCN(C(=O)NC(C)C)CC2. The molecule has 28 heavy (non-hydrogen) atoms. The second-order valence-corrected chi connectivity index (χ2v) is 8.53. The lowest BCUT2D eigenvalue weighted by Crippen LogP contribution is -2.44. The van der Waals surface area contributed by atoms with E-state index < -0.39 is 0 Å². The van der Waals surface area contributed by atoms with Gasteiger partial charge in [0.25, 0.3) is 5.91 Å². The molecular formula is C21H33N5O2. The van der Waals surface area contributed by atoms with Gasteiger partial charge in [0.2, 0.25) is 0 Å². The molecule has 0 atom stereocenters. The minimum atomic E-state index is -0.0951. The van der Waals surface area contributed by atoms with E-state index in [1.807, 2.05) is 38.7 Å². The van der Waals surface area contributed by atoms with Crippen LogP contribution in [-0.4, -0.2) is 53.5 Å². The third-order valence-corrected chi connectivity index (χ3v) is 5.08. The Morgan fingerprint density at radius 1 is 1.11 bits per heavy atom. The summed E-state index contributed by atoms with van der Waals surface area (Å²) >= 11 is 0. The molecule has 1 aliphatic carbocycles. The van der Waals surface area contributed by atoms with Crippen molar-refractivity contribution in [1.82, 2.24) is 20.5 Å². The Kier molecular flexibility index (Phi) is 6.42. The van der Waals surface area contributed by atoms with Crippen LogP contribution in [0.2, 0.25) is 0 Å². The van der Waals surface area contributed by atoms with Gasteiger partial charge in [0.05, 0.1) is 5.56 Å². The summed E-state index contributed by atoms with van der Waals surface area (Å²) in [5, 5.41) is 9.33. The van der Waals surface area contributed by atoms with E-state index >= 15 is 0 Å². The molecule has 0 spiro atoms. The number of carbonyl (C=O) groups excluding carboxylic acids is 2. The number of carbonyl (C=O) groups is 2. The topological polar surface area (TPSA) is 86.4 Å². The molecule has 1 saturated carbocycles. The lowest BCUT2D eigenvalue weighted by atomic mass is 10.0. The molecule has 7 nitrogen and oxygen atoms in total. The van der Waals surface area contributed by atoms with E-state index in [1.165, 1.54) is 12.8 Å². The van der Waals surface area contributed by atoms with Gasteiger partial charge in [-0.1, -0.05) is 0 Å². The average Bonchev–Trinajstić information content (AvgIpc) is 3.44. The first-order valence-electron chi connectivity index (χ1n) is 10.5. The Bertz CT molecular complexity index is 728. The predicted octanol–water partition coefficient (Wildman–Crippen LogP) is 2.56. The summed E-state index contributed by atoms with van der Waals surface area (Å²) in [6.45, 7) is 9.96. The van der Waals surface area contributed by atoms with Gasteiger partial charge in [0, 0.05) is 43.8 Å². The highest BCUT2D eigenvalue weighted by Crippen LogP contribution is 2.30. The van der Waals surface area contributed by atoms with E-state index in [4.69, 9.17) is 4.98 Å². The molecule has 0 saturated heterocycles. The molecule has 1 aromatic heterocycles. The van der Waals surface area contributed by atoms with E-state index in [2.05, 4.69) is 16.0 Å². The quantitative estimate of drug-likeness (QED) is 0.700. The van der Waals surface area contributed by atoms with Gasteiger partial charge in [-0.25, -0.2) is 9.78 Å². The highest BCUT2D eigenvalue weighted by atomic mass is 16.2. The summed E-state index contributed by atoms with van der Waals surface area (Å²) in [5.74, 6) is 1.27. The van der Waals surface area contributed by atoms with Crippen molar-refractivity contribution in [1.29, 1.82) is 0 Å². The fourth-order valence-corrected chi connectivity index (χ4v) is 3.39. The van der Waals surface area contributed by atoms with E-state index in [-0.39, 0.29) is 24.0 Å². The summed E-state index contributed by atoms with van der Waals surface area (Å²) in [6, 6.07) is 2.12. The number of aromatic nitrogens is 1. The summed E-state index contributed by atoms with van der Waals surface area (Å²) in [4.78, 5) is 31.8. The third-order valence-electron chi connectivity index (χ3n) is 5.08. The van der Waals surface area contributed by atoms with Gasteiger partial charge in [-0.05, 0) is 64.5 Å². The van der Waals surface area contributed by atoms with Crippen molar-refractivity contribution in [3.8, 4) is 0 Å². The molecule has 2 aliphatic rings. The van der Waals surface area contributed by atoms with Gasteiger partial charge in [-0.2, -0.15) is 0 Å². The van der Waals surface area contributed by atoms with Crippen molar-refractivity contribution in [2.75, 3.05) is 25.0 Å². The fraction of sp³-hybridized carbons (Fsp3) is 0.667. The van der Waals surface area contributed by atoms with Gasteiger partial charge in [0.1, 0.15) is 5.82 Å². The zero-order valence-electron chi connectivity index (χ0n) is 17.5. The first-order chi connectivity index (χ1) is 13.3. The molecule has 0 unspecified atom stereocenters. The number of pyridine rings is 1. The van der Waals surface area contributed by atoms with Gasteiger partial charge in [-0.3, -0.25) is 4.79 Å². The number of rotatable bonds is 6. The first kappa shape index (κ1) is 20.4. The molecule has 1 aliphatic heterocycles. The maximum atomic E-state index is 12.7. The minimum Gasteiger partial charge on any atom is -0.369 e. The lowest BCUT2D eigenvalue weighted by molar-refractivity contribution is 0.0943. The Hall–Kier alpha value is -2.31. The van der Waals surface area contributed by atoms with Crippen LogP contribution in [0.25, 0.3) is 0 Å². The standard InChI is InChI=1S/C21H33N5O2/c1-13(2)23-20(27)17-11-16-7-9-26(21(28)24-14(3)4)10-8-18(16)25-19(17)22-12-15-5-6-15/h11,13-15H,5-10,12H2,1-4H3,(H,22,25)(H,23,27)(H,24,28). The Balaban J connectivity index is 1.80. The van der Waals surface area contributed by atoms with Crippen LogP contribution in [0.15, 0.2) is 6.07 Å². The number of hydrogen-bond donors (Lipinski definition) is 3.